The molecule has 1 aromatic carbocycles. The first-order valence-electron chi connectivity index (χ1n) is 5.56. The molecule has 0 radical (unpaired) electrons. The van der Waals surface area contributed by atoms with Crippen molar-refractivity contribution in [2.45, 2.75) is 19.5 Å². The molecule has 0 saturated carbocycles. The van der Waals surface area contributed by atoms with Gasteiger partial charge in [-0.25, -0.2) is 4.39 Å². The number of piperazine rings is 1. The molecule has 88 valence electrons. The highest BCUT2D eigenvalue weighted by molar-refractivity contribution is 6.30. The number of hydrogen-bond donors (Lipinski definition) is 1. The van der Waals surface area contributed by atoms with Gasteiger partial charge in [0.2, 0.25) is 0 Å². The molecule has 4 heteroatoms. The molecule has 0 amide bonds. The highest BCUT2D eigenvalue weighted by atomic mass is 35.5. The van der Waals surface area contributed by atoms with Crippen LogP contribution < -0.4 is 5.32 Å². The van der Waals surface area contributed by atoms with Gasteiger partial charge in [-0.3, -0.25) is 4.90 Å². The van der Waals surface area contributed by atoms with Crippen LogP contribution in [-0.4, -0.2) is 30.6 Å². The van der Waals surface area contributed by atoms with Gasteiger partial charge in [-0.2, -0.15) is 0 Å². The Balaban J connectivity index is 2.10. The van der Waals surface area contributed by atoms with Gasteiger partial charge in [0.15, 0.2) is 0 Å². The summed E-state index contributed by atoms with van der Waals surface area (Å²) in [4.78, 5) is 2.27. The third kappa shape index (κ3) is 2.54. The first-order valence-corrected chi connectivity index (χ1v) is 5.94. The molecule has 1 N–H and O–H groups in total. The minimum absolute atomic E-state index is 0.209. The van der Waals surface area contributed by atoms with Gasteiger partial charge in [-0.05, 0) is 13.0 Å². The number of nitrogens with one attached hydrogen (secondary N) is 1. The number of rotatable bonds is 2. The Kier molecular flexibility index (Phi) is 3.79. The highest BCUT2D eigenvalue weighted by Crippen LogP contribution is 2.20. The number of halogens is 2. The van der Waals surface area contributed by atoms with Crippen molar-refractivity contribution in [2.75, 3.05) is 19.6 Å². The fourth-order valence-electron chi connectivity index (χ4n) is 2.01. The molecular weight excluding hydrogens is 227 g/mol. The zero-order chi connectivity index (χ0) is 11.5. The molecule has 1 atom stereocenters. The molecule has 1 heterocycles. The average Bonchev–Trinajstić information content (AvgIpc) is 2.28. The van der Waals surface area contributed by atoms with Crippen LogP contribution in [0.5, 0.6) is 0 Å². The lowest BCUT2D eigenvalue weighted by Gasteiger charge is -2.33. The fraction of sp³-hybridized carbons (Fsp3) is 0.500. The molecule has 2 rings (SSSR count). The number of benzene rings is 1. The van der Waals surface area contributed by atoms with Crippen LogP contribution in [0.1, 0.15) is 12.5 Å². The summed E-state index contributed by atoms with van der Waals surface area (Å²) in [5, 5.41) is 3.52. The molecule has 0 aromatic heterocycles. The van der Waals surface area contributed by atoms with Crippen molar-refractivity contribution in [1.29, 1.82) is 0 Å². The summed E-state index contributed by atoms with van der Waals surface area (Å²) in [6, 6.07) is 5.62. The van der Waals surface area contributed by atoms with E-state index in [9.17, 15) is 4.39 Å². The molecule has 0 aliphatic carbocycles. The van der Waals surface area contributed by atoms with Crippen molar-refractivity contribution in [3.05, 3.63) is 34.6 Å². The summed E-state index contributed by atoms with van der Waals surface area (Å²) < 4.78 is 13.7. The number of nitrogens with zero attached hydrogens (tertiary/aromatic N) is 1. The Bertz CT molecular complexity index is 370. The minimum atomic E-state index is -0.283. The second kappa shape index (κ2) is 5.13. The van der Waals surface area contributed by atoms with E-state index >= 15 is 0 Å². The molecule has 0 spiro atoms. The summed E-state index contributed by atoms with van der Waals surface area (Å²) in [5.74, 6) is -0.283. The molecule has 1 unspecified atom stereocenters. The minimum Gasteiger partial charge on any atom is -0.314 e. The summed E-state index contributed by atoms with van der Waals surface area (Å²) >= 11 is 5.76. The Labute approximate surface area is 100 Å². The first kappa shape index (κ1) is 11.8. The maximum absolute atomic E-state index is 13.7. The van der Waals surface area contributed by atoms with Crippen molar-refractivity contribution in [1.82, 2.24) is 10.2 Å². The van der Waals surface area contributed by atoms with Gasteiger partial charge in [-0.15, -0.1) is 0 Å². The standard InChI is InChI=1S/C12H16ClFN2/c1-9-7-15-5-6-16(9)8-10-3-2-4-11(13)12(10)14/h2-4,9,15H,5-8H2,1H3. The van der Waals surface area contributed by atoms with Crippen molar-refractivity contribution in [3.8, 4) is 0 Å². The van der Waals surface area contributed by atoms with Crippen molar-refractivity contribution >= 4 is 11.6 Å². The van der Waals surface area contributed by atoms with Crippen LogP contribution >= 0.6 is 11.6 Å². The predicted molar refractivity (Wildman–Crippen MR) is 64.2 cm³/mol. The van der Waals surface area contributed by atoms with Crippen LogP contribution in [0.15, 0.2) is 18.2 Å². The summed E-state index contributed by atoms with van der Waals surface area (Å²) in [6.45, 7) is 5.66. The summed E-state index contributed by atoms with van der Waals surface area (Å²) in [5.41, 5.74) is 0.682. The molecule has 16 heavy (non-hydrogen) atoms. The molecule has 0 bridgehead atoms. The van der Waals surface area contributed by atoms with Gasteiger partial charge in [0.25, 0.3) is 0 Å². The topological polar surface area (TPSA) is 15.3 Å². The zero-order valence-electron chi connectivity index (χ0n) is 9.34. The SMILES string of the molecule is CC1CNCCN1Cc1cccc(Cl)c1F. The molecule has 1 aliphatic rings. The van der Waals surface area contributed by atoms with E-state index in [0.29, 0.717) is 18.2 Å². The molecule has 1 fully saturated rings. The van der Waals surface area contributed by atoms with Crippen LogP contribution in [0.25, 0.3) is 0 Å². The predicted octanol–water partition coefficient (Wildman–Crippen LogP) is 2.27. The largest absolute Gasteiger partial charge is 0.314 e. The van der Waals surface area contributed by atoms with Crippen LogP contribution in [0.4, 0.5) is 4.39 Å². The lowest BCUT2D eigenvalue weighted by molar-refractivity contribution is 0.164. The third-order valence-electron chi connectivity index (χ3n) is 3.04. The Morgan fingerprint density at radius 3 is 3.12 bits per heavy atom. The third-order valence-corrected chi connectivity index (χ3v) is 3.34. The van der Waals surface area contributed by atoms with E-state index < -0.39 is 0 Å². The van der Waals surface area contributed by atoms with Gasteiger partial charge in [-0.1, -0.05) is 23.7 Å². The Hall–Kier alpha value is -0.640. The molecule has 1 aromatic rings. The van der Waals surface area contributed by atoms with Crippen LogP contribution in [-0.2, 0) is 6.54 Å². The maximum Gasteiger partial charge on any atom is 0.146 e. The summed E-state index contributed by atoms with van der Waals surface area (Å²) in [6.07, 6.45) is 0. The van der Waals surface area contributed by atoms with Crippen LogP contribution in [0, 0.1) is 5.82 Å². The quantitative estimate of drug-likeness (QED) is 0.856. The second-order valence-electron chi connectivity index (χ2n) is 4.24. The van der Waals surface area contributed by atoms with Crippen LogP contribution in [0.2, 0.25) is 5.02 Å². The van der Waals surface area contributed by atoms with Gasteiger partial charge < -0.3 is 5.32 Å². The van der Waals surface area contributed by atoms with E-state index in [1.165, 1.54) is 0 Å². The monoisotopic (exact) mass is 242 g/mol. The van der Waals surface area contributed by atoms with Gasteiger partial charge in [0, 0.05) is 37.8 Å². The Morgan fingerprint density at radius 2 is 2.38 bits per heavy atom. The average molecular weight is 243 g/mol. The van der Waals surface area contributed by atoms with E-state index in [4.69, 9.17) is 11.6 Å². The molecular formula is C12H16ClFN2. The van der Waals surface area contributed by atoms with E-state index in [-0.39, 0.29) is 10.8 Å². The molecule has 1 aliphatic heterocycles. The smallest absolute Gasteiger partial charge is 0.146 e. The maximum atomic E-state index is 13.7. The number of hydrogen-bond acceptors (Lipinski definition) is 2. The van der Waals surface area contributed by atoms with E-state index in [0.717, 1.165) is 19.6 Å². The normalized spacial score (nSPS) is 22.3. The van der Waals surface area contributed by atoms with E-state index in [1.807, 2.05) is 0 Å². The molecule has 2 nitrogen and oxygen atoms in total. The fourth-order valence-corrected chi connectivity index (χ4v) is 2.20. The van der Waals surface area contributed by atoms with Crippen molar-refractivity contribution in [2.24, 2.45) is 0 Å². The first-order chi connectivity index (χ1) is 7.68. The van der Waals surface area contributed by atoms with Crippen molar-refractivity contribution < 1.29 is 4.39 Å². The van der Waals surface area contributed by atoms with Gasteiger partial charge >= 0.3 is 0 Å². The zero-order valence-corrected chi connectivity index (χ0v) is 10.1. The lowest BCUT2D eigenvalue weighted by atomic mass is 10.1. The van der Waals surface area contributed by atoms with Gasteiger partial charge in [0.1, 0.15) is 5.82 Å². The van der Waals surface area contributed by atoms with Crippen molar-refractivity contribution in [3.63, 3.8) is 0 Å². The highest BCUT2D eigenvalue weighted by Gasteiger charge is 2.19. The summed E-state index contributed by atoms with van der Waals surface area (Å²) in [7, 11) is 0. The molecule has 1 saturated heterocycles. The second-order valence-corrected chi connectivity index (χ2v) is 4.64. The van der Waals surface area contributed by atoms with Crippen LogP contribution in [0.3, 0.4) is 0 Å². The Morgan fingerprint density at radius 1 is 1.56 bits per heavy atom. The van der Waals surface area contributed by atoms with Gasteiger partial charge in [0.05, 0.1) is 5.02 Å². The lowest BCUT2D eigenvalue weighted by Crippen LogP contribution is -2.49. The van der Waals surface area contributed by atoms with E-state index in [2.05, 4.69) is 17.1 Å². The van der Waals surface area contributed by atoms with E-state index in [1.54, 1.807) is 18.2 Å².